The first-order valence-corrected chi connectivity index (χ1v) is 5.52. The number of nitriles is 1. The molecule has 0 atom stereocenters. The first kappa shape index (κ1) is 12.2. The van der Waals surface area contributed by atoms with Gasteiger partial charge in [0.2, 0.25) is 0 Å². The van der Waals surface area contributed by atoms with Crippen LogP contribution >= 0.6 is 23.2 Å². The molecule has 0 N–H and O–H groups in total. The summed E-state index contributed by atoms with van der Waals surface area (Å²) >= 11 is 11.7. The predicted molar refractivity (Wildman–Crippen MR) is 64.5 cm³/mol. The number of hydrogen-bond acceptors (Lipinski definition) is 2. The Kier molecular flexibility index (Phi) is 4.74. The van der Waals surface area contributed by atoms with Crippen LogP contribution in [0.2, 0.25) is 5.02 Å². The maximum atomic E-state index is 8.51. The van der Waals surface area contributed by atoms with Crippen LogP contribution < -0.4 is 4.90 Å². The van der Waals surface area contributed by atoms with Crippen LogP contribution in [0.5, 0.6) is 0 Å². The number of halogens is 2. The third-order valence-corrected chi connectivity index (χ3v) is 2.68. The molecule has 0 saturated carbocycles. The molecule has 0 saturated heterocycles. The molecule has 0 unspecified atom stereocenters. The molecule has 2 nitrogen and oxygen atoms in total. The Morgan fingerprint density at radius 3 is 2.80 bits per heavy atom. The van der Waals surface area contributed by atoms with Gasteiger partial charge in [-0.1, -0.05) is 11.6 Å². The molecule has 0 aromatic heterocycles. The van der Waals surface area contributed by atoms with Crippen molar-refractivity contribution < 1.29 is 0 Å². The van der Waals surface area contributed by atoms with E-state index in [1.165, 1.54) is 0 Å². The smallest absolute Gasteiger partial charge is 0.0640 e. The first-order valence-electron chi connectivity index (χ1n) is 4.61. The maximum Gasteiger partial charge on any atom is 0.0640 e. The number of rotatable bonds is 4. The molecule has 0 spiro atoms. The molecule has 1 aromatic carbocycles. The zero-order valence-corrected chi connectivity index (χ0v) is 10.0. The number of alkyl halides is 1. The zero-order valence-electron chi connectivity index (χ0n) is 8.50. The molecule has 0 aliphatic rings. The maximum absolute atomic E-state index is 8.51. The number of nitrogens with zero attached hydrogens (tertiary/aromatic N) is 2. The lowest BCUT2D eigenvalue weighted by Crippen LogP contribution is -2.19. The normalized spacial score (nSPS) is 9.73. The number of hydrogen-bond donors (Lipinski definition) is 0. The van der Waals surface area contributed by atoms with E-state index in [9.17, 15) is 0 Å². The molecule has 0 amide bonds. The van der Waals surface area contributed by atoms with E-state index in [2.05, 4.69) is 6.07 Å². The predicted octanol–water partition coefficient (Wildman–Crippen LogP) is 3.43. The fourth-order valence-electron chi connectivity index (χ4n) is 1.37. The Labute approximate surface area is 100 Å². The second-order valence-electron chi connectivity index (χ2n) is 3.24. The summed E-state index contributed by atoms with van der Waals surface area (Å²) in [4.78, 5) is 2.01. The quantitative estimate of drug-likeness (QED) is 0.757. The molecule has 80 valence electrons. The van der Waals surface area contributed by atoms with Crippen LogP contribution in [0.4, 0.5) is 5.69 Å². The molecular weight excluding hydrogens is 231 g/mol. The molecule has 0 fully saturated rings. The van der Waals surface area contributed by atoms with Crippen molar-refractivity contribution in [3.63, 3.8) is 0 Å². The molecule has 1 rings (SSSR count). The molecule has 0 radical (unpaired) electrons. The van der Waals surface area contributed by atoms with Crippen molar-refractivity contribution in [2.45, 2.75) is 12.3 Å². The van der Waals surface area contributed by atoms with Gasteiger partial charge >= 0.3 is 0 Å². The fraction of sp³-hybridized carbons (Fsp3) is 0.364. The van der Waals surface area contributed by atoms with E-state index in [1.807, 2.05) is 30.1 Å². The van der Waals surface area contributed by atoms with E-state index in [0.717, 1.165) is 11.3 Å². The second-order valence-corrected chi connectivity index (χ2v) is 3.94. The Balaban J connectivity index is 2.88. The molecule has 0 aliphatic heterocycles. The lowest BCUT2D eigenvalue weighted by atomic mass is 10.2. The van der Waals surface area contributed by atoms with Gasteiger partial charge in [-0.2, -0.15) is 5.26 Å². The van der Waals surface area contributed by atoms with Crippen LogP contribution in [0.3, 0.4) is 0 Å². The highest BCUT2D eigenvalue weighted by molar-refractivity contribution is 6.30. The van der Waals surface area contributed by atoms with Crippen molar-refractivity contribution in [3.05, 3.63) is 28.8 Å². The van der Waals surface area contributed by atoms with Crippen molar-refractivity contribution >= 4 is 28.9 Å². The Hall–Kier alpha value is -0.910. The largest absolute Gasteiger partial charge is 0.373 e. The summed E-state index contributed by atoms with van der Waals surface area (Å²) in [5.74, 6) is 0.423. The summed E-state index contributed by atoms with van der Waals surface area (Å²) < 4.78 is 0. The molecule has 15 heavy (non-hydrogen) atoms. The highest BCUT2D eigenvalue weighted by Gasteiger charge is 2.06. The third kappa shape index (κ3) is 3.30. The Morgan fingerprint density at radius 1 is 1.47 bits per heavy atom. The van der Waals surface area contributed by atoms with Crippen molar-refractivity contribution in [1.29, 1.82) is 5.26 Å². The van der Waals surface area contributed by atoms with Gasteiger partial charge in [-0.25, -0.2) is 0 Å². The number of anilines is 1. The van der Waals surface area contributed by atoms with Crippen LogP contribution in [0, 0.1) is 11.3 Å². The van der Waals surface area contributed by atoms with E-state index >= 15 is 0 Å². The summed E-state index contributed by atoms with van der Waals surface area (Å²) in [7, 11) is 1.94. The lowest BCUT2D eigenvalue weighted by Gasteiger charge is -2.20. The van der Waals surface area contributed by atoms with E-state index in [4.69, 9.17) is 28.5 Å². The summed E-state index contributed by atoms with van der Waals surface area (Å²) in [6.07, 6.45) is 0.501. The van der Waals surface area contributed by atoms with Crippen LogP contribution in [0.15, 0.2) is 18.2 Å². The van der Waals surface area contributed by atoms with Crippen LogP contribution in [-0.4, -0.2) is 13.6 Å². The van der Waals surface area contributed by atoms with Crippen molar-refractivity contribution in [2.75, 3.05) is 18.5 Å². The third-order valence-electron chi connectivity index (χ3n) is 2.16. The molecule has 0 aliphatic carbocycles. The minimum atomic E-state index is 0.423. The average Bonchev–Trinajstić information content (AvgIpc) is 2.25. The van der Waals surface area contributed by atoms with E-state index in [-0.39, 0.29) is 0 Å². The van der Waals surface area contributed by atoms with Crippen molar-refractivity contribution in [2.24, 2.45) is 0 Å². The van der Waals surface area contributed by atoms with Crippen LogP contribution in [-0.2, 0) is 5.88 Å². The van der Waals surface area contributed by atoms with Gasteiger partial charge in [-0.15, -0.1) is 11.6 Å². The number of benzene rings is 1. The Bertz CT molecular complexity index is 371. The summed E-state index contributed by atoms with van der Waals surface area (Å²) in [6.45, 7) is 0.696. The minimum absolute atomic E-state index is 0.423. The van der Waals surface area contributed by atoms with Gasteiger partial charge in [0.05, 0.1) is 12.5 Å². The van der Waals surface area contributed by atoms with Gasteiger partial charge in [-0.05, 0) is 23.8 Å². The lowest BCUT2D eigenvalue weighted by molar-refractivity contribution is 0.900. The molecule has 0 heterocycles. The summed E-state index contributed by atoms with van der Waals surface area (Å²) in [5, 5.41) is 9.19. The van der Waals surface area contributed by atoms with Crippen molar-refractivity contribution in [1.82, 2.24) is 0 Å². The van der Waals surface area contributed by atoms with E-state index in [1.54, 1.807) is 0 Å². The van der Waals surface area contributed by atoms with E-state index < -0.39 is 0 Å². The van der Waals surface area contributed by atoms with Gasteiger partial charge < -0.3 is 4.90 Å². The zero-order chi connectivity index (χ0) is 11.3. The van der Waals surface area contributed by atoms with Crippen LogP contribution in [0.1, 0.15) is 12.0 Å². The van der Waals surface area contributed by atoms with Crippen molar-refractivity contribution in [3.8, 4) is 6.07 Å². The highest BCUT2D eigenvalue weighted by atomic mass is 35.5. The highest BCUT2D eigenvalue weighted by Crippen LogP contribution is 2.25. The molecule has 4 heteroatoms. The minimum Gasteiger partial charge on any atom is -0.373 e. The first-order chi connectivity index (χ1) is 7.19. The van der Waals surface area contributed by atoms with Crippen LogP contribution in [0.25, 0.3) is 0 Å². The fourth-order valence-corrected chi connectivity index (χ4v) is 1.78. The Morgan fingerprint density at radius 2 is 2.20 bits per heavy atom. The van der Waals surface area contributed by atoms with Gasteiger partial charge in [0.15, 0.2) is 0 Å². The molecule has 1 aromatic rings. The second kappa shape index (κ2) is 5.85. The summed E-state index contributed by atoms with van der Waals surface area (Å²) in [6, 6.07) is 7.73. The summed E-state index contributed by atoms with van der Waals surface area (Å²) in [5.41, 5.74) is 2.02. The van der Waals surface area contributed by atoms with Gasteiger partial charge in [-0.3, -0.25) is 0 Å². The molecular formula is C11H12Cl2N2. The molecule has 0 bridgehead atoms. The van der Waals surface area contributed by atoms with Gasteiger partial charge in [0.25, 0.3) is 0 Å². The SMILES string of the molecule is CN(CCC#N)c1ccc(Cl)cc1CCl. The van der Waals surface area contributed by atoms with Gasteiger partial charge in [0.1, 0.15) is 0 Å². The standard InChI is InChI=1S/C11H12Cl2N2/c1-15(6-2-5-14)11-4-3-10(13)7-9(11)8-12/h3-4,7H,2,6,8H2,1H3. The van der Waals surface area contributed by atoms with Gasteiger partial charge in [0, 0.05) is 30.2 Å². The monoisotopic (exact) mass is 242 g/mol. The van der Waals surface area contributed by atoms with E-state index in [0.29, 0.717) is 23.9 Å². The topological polar surface area (TPSA) is 27.0 Å². The average molecular weight is 243 g/mol.